The van der Waals surface area contributed by atoms with E-state index in [2.05, 4.69) is 15.3 Å². The van der Waals surface area contributed by atoms with Crippen molar-refractivity contribution in [3.8, 4) is 23.0 Å². The number of Topliss-reactive ketones (excluding diaryl/α,β-unsaturated/α-hetero) is 1. The van der Waals surface area contributed by atoms with Crippen molar-refractivity contribution in [2.24, 2.45) is 28.8 Å². The molecule has 0 aliphatic carbocycles. The third-order valence-corrected chi connectivity index (χ3v) is 11.9. The molecule has 0 unspecified atom stereocenters. The minimum atomic E-state index is -2.07. The number of phenolic OH excluding ortho intramolecular Hbond substituents is 3. The molecule has 0 radical (unpaired) electrons. The molecule has 60 heavy (non-hydrogen) atoms. The van der Waals surface area contributed by atoms with E-state index in [0.717, 1.165) is 0 Å². The van der Waals surface area contributed by atoms with Crippen LogP contribution in [0.15, 0.2) is 41.2 Å². The second kappa shape index (κ2) is 18.6. The van der Waals surface area contributed by atoms with Gasteiger partial charge in [-0.05, 0) is 20.0 Å². The van der Waals surface area contributed by atoms with Crippen LogP contribution in [-0.4, -0.2) is 142 Å². The number of benzene rings is 2. The Morgan fingerprint density at radius 3 is 2.27 bits per heavy atom. The van der Waals surface area contributed by atoms with Gasteiger partial charge in [0.05, 0.1) is 59.6 Å². The number of likely N-dealkylation sites (N-methyl/N-ethyl adjacent to an activating group) is 1. The zero-order valence-electron chi connectivity index (χ0n) is 35.5. The van der Waals surface area contributed by atoms with Crippen LogP contribution in [0.5, 0.6) is 23.0 Å². The van der Waals surface area contributed by atoms with Gasteiger partial charge in [0, 0.05) is 87.3 Å². The first-order valence-electron chi connectivity index (χ1n) is 20.0. The Hall–Kier alpha value is -5.20. The van der Waals surface area contributed by atoms with Crippen molar-refractivity contribution in [2.45, 2.75) is 78.7 Å². The maximum atomic E-state index is 14.4. The fourth-order valence-corrected chi connectivity index (χ4v) is 8.00. The topological polar surface area (TPSA) is 240 Å². The number of aromatic hydroxyl groups is 3. The molecular weight excluding hydrogens is 780 g/mol. The molecule has 17 nitrogen and oxygen atoms in total. The van der Waals surface area contributed by atoms with Crippen LogP contribution in [0.1, 0.15) is 63.0 Å². The van der Waals surface area contributed by atoms with Crippen LogP contribution in [0.2, 0.25) is 0 Å². The van der Waals surface area contributed by atoms with Gasteiger partial charge in [-0.3, -0.25) is 19.4 Å². The van der Waals surface area contributed by atoms with Crippen molar-refractivity contribution in [1.82, 2.24) is 9.91 Å². The first kappa shape index (κ1) is 45.9. The number of aliphatic hydroxyl groups excluding tert-OH is 3. The van der Waals surface area contributed by atoms with Gasteiger partial charge in [-0.1, -0.05) is 45.9 Å². The molecule has 0 aromatic heterocycles. The van der Waals surface area contributed by atoms with Crippen molar-refractivity contribution in [2.75, 3.05) is 52.3 Å². The standard InChI is InChI=1S/C43H58N4O13/c1-21-11-10-12-27(20-48)42(56)45-33-28(19-44-47-16-14-46(8)15-17-47)37(53)30-31(38(33)54)36(52)25(5)40-32(30)41(55)43(7,60-40)58-18-13-29(57-9)22(2)39(59-26(6)49)24(4)35(51)23(3)34(21)50/h10-13,18-19,21-24,29,34-35,39,48,50-54H,14-17,20H2,1-9H3,(H,45,56)/b11-10+,18-13+,27-12-,44-19+/t21-,22+,23+,24+,29-,34-,35+,39+,43-/m0/s1. The summed E-state index contributed by atoms with van der Waals surface area (Å²) < 4.78 is 23.6. The fourth-order valence-electron chi connectivity index (χ4n) is 8.00. The SMILES string of the molecule is CO[C@H]1/C=C/O[C@@]2(C)Oc3c(C)c(O)c4c(O)c(c(/C=N/N5CCN(C)CC5)c(O)c4c3C2=O)NC(=O)/C(CO)=C\C=C\[C@H](C)[C@H](O)[C@@H](C)[C@@H](O)[C@@H](C)[C@H](OC(C)=O)[C@@H]1C. The molecule has 6 rings (SSSR count). The molecule has 1 fully saturated rings. The first-order chi connectivity index (χ1) is 28.3. The summed E-state index contributed by atoms with van der Waals surface area (Å²) in [4.78, 5) is 42.7. The van der Waals surface area contributed by atoms with E-state index in [1.54, 1.807) is 38.8 Å². The molecule has 328 valence electrons. The average molecular weight is 839 g/mol. The summed E-state index contributed by atoms with van der Waals surface area (Å²) >= 11 is 0. The second-order valence-corrected chi connectivity index (χ2v) is 16.1. The van der Waals surface area contributed by atoms with E-state index >= 15 is 0 Å². The van der Waals surface area contributed by atoms with E-state index in [0.29, 0.717) is 26.2 Å². The molecule has 4 aliphatic heterocycles. The van der Waals surface area contributed by atoms with Crippen molar-refractivity contribution in [3.63, 3.8) is 0 Å². The molecule has 4 aliphatic rings. The van der Waals surface area contributed by atoms with Gasteiger partial charge in [0.2, 0.25) is 0 Å². The Labute approximate surface area is 349 Å². The summed E-state index contributed by atoms with van der Waals surface area (Å²) in [7, 11) is 3.39. The maximum absolute atomic E-state index is 14.4. The number of phenols is 3. The van der Waals surface area contributed by atoms with Gasteiger partial charge in [0.15, 0.2) is 5.75 Å². The van der Waals surface area contributed by atoms with Crippen LogP contribution >= 0.6 is 0 Å². The number of ether oxygens (including phenoxy) is 4. The van der Waals surface area contributed by atoms with Gasteiger partial charge < -0.3 is 59.8 Å². The van der Waals surface area contributed by atoms with E-state index in [1.165, 1.54) is 58.6 Å². The Morgan fingerprint density at radius 1 is 0.983 bits per heavy atom. The van der Waals surface area contributed by atoms with E-state index in [1.807, 2.05) is 7.05 Å². The maximum Gasteiger partial charge on any atom is 0.312 e. The highest BCUT2D eigenvalue weighted by atomic mass is 16.7. The van der Waals surface area contributed by atoms with Gasteiger partial charge >= 0.3 is 11.8 Å². The number of methoxy groups -OCH3 is 1. The molecule has 7 N–H and O–H groups in total. The van der Waals surface area contributed by atoms with Crippen molar-refractivity contribution >= 4 is 40.3 Å². The lowest BCUT2D eigenvalue weighted by atomic mass is 9.78. The summed E-state index contributed by atoms with van der Waals surface area (Å²) in [5, 5.41) is 76.9. The molecular formula is C43H58N4O13. The minimum Gasteiger partial charge on any atom is -0.507 e. The highest BCUT2D eigenvalue weighted by molar-refractivity contribution is 6.24. The molecule has 1 amide bonds. The third-order valence-electron chi connectivity index (χ3n) is 11.9. The number of piperazine rings is 1. The van der Waals surface area contributed by atoms with E-state index in [-0.39, 0.29) is 44.5 Å². The van der Waals surface area contributed by atoms with E-state index in [9.17, 15) is 45.0 Å². The predicted octanol–water partition coefficient (Wildman–Crippen LogP) is 3.31. The molecule has 4 heterocycles. The normalized spacial score (nSPS) is 31.7. The van der Waals surface area contributed by atoms with Crippen molar-refractivity contribution in [3.05, 3.63) is 52.8 Å². The molecule has 1 saturated heterocycles. The smallest absolute Gasteiger partial charge is 0.312 e. The molecule has 2 aromatic rings. The molecule has 2 aromatic carbocycles. The van der Waals surface area contributed by atoms with Crippen LogP contribution < -0.4 is 10.1 Å². The van der Waals surface area contributed by atoms with Gasteiger partial charge in [-0.2, -0.15) is 5.10 Å². The number of aliphatic hydroxyl groups is 3. The lowest BCUT2D eigenvalue weighted by molar-refractivity contribution is -0.160. The van der Waals surface area contributed by atoms with Gasteiger partial charge in [-0.15, -0.1) is 0 Å². The number of carbonyl (C=O) groups excluding carboxylic acids is 3. The number of fused-ring (bicyclic) bond motifs is 14. The average Bonchev–Trinajstić information content (AvgIpc) is 3.48. The number of carbonyl (C=O) groups is 3. The van der Waals surface area contributed by atoms with Crippen molar-refractivity contribution in [1.29, 1.82) is 0 Å². The lowest BCUT2D eigenvalue weighted by Crippen LogP contribution is -2.46. The Kier molecular flexibility index (Phi) is 14.2. The number of nitrogens with zero attached hydrogens (tertiary/aromatic N) is 3. The highest BCUT2D eigenvalue weighted by Crippen LogP contribution is 2.55. The number of esters is 1. The fraction of sp³-hybridized carbons (Fsp3) is 0.535. The highest BCUT2D eigenvalue weighted by Gasteiger charge is 2.50. The van der Waals surface area contributed by atoms with Crippen molar-refractivity contribution < 1.29 is 64.0 Å². The third kappa shape index (κ3) is 8.95. The number of allylic oxidation sites excluding steroid dienone is 2. The number of nitrogens with one attached hydrogen (secondary N) is 1. The number of amides is 1. The number of hydrazone groups is 1. The Bertz CT molecular complexity index is 2090. The van der Waals surface area contributed by atoms with E-state index < -0.39 is 95.4 Å². The quantitative estimate of drug-likeness (QED) is 0.0990. The molecule has 0 spiro atoms. The number of hydrogen-bond acceptors (Lipinski definition) is 16. The number of rotatable bonds is 5. The molecule has 0 saturated carbocycles. The van der Waals surface area contributed by atoms with Crippen LogP contribution in [0.4, 0.5) is 5.69 Å². The summed E-state index contributed by atoms with van der Waals surface area (Å²) in [5.74, 6) is -9.03. The summed E-state index contributed by atoms with van der Waals surface area (Å²) in [6, 6.07) is 0. The van der Waals surface area contributed by atoms with Gasteiger partial charge in [0.25, 0.3) is 11.7 Å². The monoisotopic (exact) mass is 838 g/mol. The summed E-state index contributed by atoms with van der Waals surface area (Å²) in [5.41, 5.74) is -0.956. The van der Waals surface area contributed by atoms with Crippen LogP contribution in [0, 0.1) is 30.6 Å². The second-order valence-electron chi connectivity index (χ2n) is 16.1. The molecule has 9 atom stereocenters. The first-order valence-corrected chi connectivity index (χ1v) is 20.0. The zero-order chi connectivity index (χ0) is 44.4. The summed E-state index contributed by atoms with van der Waals surface area (Å²) in [6.45, 7) is 12.5. The zero-order valence-corrected chi connectivity index (χ0v) is 35.5. The van der Waals surface area contributed by atoms with E-state index in [4.69, 9.17) is 18.9 Å². The number of anilines is 1. The number of ketones is 1. The van der Waals surface area contributed by atoms with Gasteiger partial charge in [0.1, 0.15) is 23.4 Å². The minimum absolute atomic E-state index is 0.0188. The number of hydrogen-bond donors (Lipinski definition) is 7. The van der Waals surface area contributed by atoms with Crippen LogP contribution in [0.3, 0.4) is 0 Å². The molecule has 5 bridgehead atoms. The largest absolute Gasteiger partial charge is 0.507 e. The Morgan fingerprint density at radius 2 is 1.65 bits per heavy atom. The van der Waals surface area contributed by atoms with Crippen LogP contribution in [0.25, 0.3) is 10.8 Å². The summed E-state index contributed by atoms with van der Waals surface area (Å²) in [6.07, 6.45) is 4.21. The van der Waals surface area contributed by atoms with Crippen LogP contribution in [-0.2, 0) is 23.8 Å². The molecule has 17 heteroatoms. The lowest BCUT2D eigenvalue weighted by Gasteiger charge is -2.38. The Balaban J connectivity index is 1.72. The van der Waals surface area contributed by atoms with Gasteiger partial charge in [-0.25, -0.2) is 0 Å². The predicted molar refractivity (Wildman–Crippen MR) is 222 cm³/mol.